The molecule has 0 radical (unpaired) electrons. The van der Waals surface area contributed by atoms with E-state index in [-0.39, 0.29) is 24.7 Å². The van der Waals surface area contributed by atoms with Crippen LogP contribution in [0.15, 0.2) is 35.4 Å². The van der Waals surface area contributed by atoms with Crippen molar-refractivity contribution in [3.63, 3.8) is 0 Å². The smallest absolute Gasteiger partial charge is 0.315 e. The van der Waals surface area contributed by atoms with Crippen LogP contribution in [-0.2, 0) is 11.2 Å². The molecule has 0 saturated carbocycles. The lowest BCUT2D eigenvalue weighted by Gasteiger charge is -2.07. The Balaban J connectivity index is 2.10. The van der Waals surface area contributed by atoms with Crippen LogP contribution < -0.4 is 10.2 Å². The van der Waals surface area contributed by atoms with Gasteiger partial charge in [-0.05, 0) is 38.0 Å². The molecule has 0 saturated heterocycles. The lowest BCUT2D eigenvalue weighted by Crippen LogP contribution is -2.20. The van der Waals surface area contributed by atoms with Crippen LogP contribution in [0.1, 0.15) is 29.2 Å². The van der Waals surface area contributed by atoms with Crippen LogP contribution in [-0.4, -0.2) is 28.8 Å². The topological polar surface area (TPSA) is 114 Å². The van der Waals surface area contributed by atoms with Crippen molar-refractivity contribution in [2.75, 3.05) is 6.61 Å². The van der Waals surface area contributed by atoms with Gasteiger partial charge in [-0.2, -0.15) is 5.10 Å². The van der Waals surface area contributed by atoms with Gasteiger partial charge >= 0.3 is 5.69 Å². The van der Waals surface area contributed by atoms with Crippen molar-refractivity contribution in [1.29, 1.82) is 0 Å². The highest BCUT2D eigenvalue weighted by molar-refractivity contribution is 5.85. The van der Waals surface area contributed by atoms with E-state index >= 15 is 0 Å². The third-order valence-electron chi connectivity index (χ3n) is 3.83. The van der Waals surface area contributed by atoms with Gasteiger partial charge in [-0.1, -0.05) is 23.8 Å². The molecule has 27 heavy (non-hydrogen) atoms. The van der Waals surface area contributed by atoms with E-state index in [9.17, 15) is 20.0 Å². The molecule has 0 aliphatic carbocycles. The van der Waals surface area contributed by atoms with Gasteiger partial charge in [0.15, 0.2) is 5.75 Å². The average Bonchev–Trinajstić information content (AvgIpc) is 2.60. The summed E-state index contributed by atoms with van der Waals surface area (Å²) in [5.41, 5.74) is 5.24. The van der Waals surface area contributed by atoms with Gasteiger partial charge < -0.3 is 9.84 Å². The number of benzene rings is 2. The minimum absolute atomic E-state index is 0.0187. The molecular weight excluding hydrogens is 350 g/mol. The average molecular weight is 371 g/mol. The SMILES string of the molecule is CCOc1cc(/C=N\NC(=O)Cc2ccc(C)cc2C)cc([N+](=O)[O-])c1O. The Labute approximate surface area is 156 Å². The molecule has 0 fully saturated rings. The fourth-order valence-electron chi connectivity index (χ4n) is 2.53. The maximum absolute atomic E-state index is 12.0. The summed E-state index contributed by atoms with van der Waals surface area (Å²) in [6, 6.07) is 8.38. The van der Waals surface area contributed by atoms with Crippen LogP contribution in [0.2, 0.25) is 0 Å². The minimum atomic E-state index is -0.714. The first-order valence-electron chi connectivity index (χ1n) is 8.34. The molecule has 2 rings (SSSR count). The zero-order valence-electron chi connectivity index (χ0n) is 15.4. The van der Waals surface area contributed by atoms with Crippen LogP contribution in [0.25, 0.3) is 0 Å². The second-order valence-corrected chi connectivity index (χ2v) is 5.98. The van der Waals surface area contributed by atoms with E-state index in [0.717, 1.165) is 22.8 Å². The number of hydrogen-bond donors (Lipinski definition) is 2. The normalized spacial score (nSPS) is 10.8. The number of ether oxygens (including phenoxy) is 1. The number of hydrogen-bond acceptors (Lipinski definition) is 6. The van der Waals surface area contributed by atoms with Gasteiger partial charge in [0.05, 0.1) is 24.2 Å². The van der Waals surface area contributed by atoms with Gasteiger partial charge in [0.25, 0.3) is 0 Å². The van der Waals surface area contributed by atoms with Crippen molar-refractivity contribution in [2.24, 2.45) is 5.10 Å². The van der Waals surface area contributed by atoms with Gasteiger partial charge in [0.2, 0.25) is 11.7 Å². The number of carbonyl (C=O) groups excluding carboxylic acids is 1. The molecule has 0 aromatic heterocycles. The predicted octanol–water partition coefficient (Wildman–Crippen LogP) is 3.01. The summed E-state index contributed by atoms with van der Waals surface area (Å²) in [6.07, 6.45) is 1.43. The van der Waals surface area contributed by atoms with Crippen molar-refractivity contribution in [3.05, 3.63) is 62.7 Å². The molecule has 2 aromatic rings. The molecule has 0 unspecified atom stereocenters. The van der Waals surface area contributed by atoms with Crippen LogP contribution in [0.4, 0.5) is 5.69 Å². The quantitative estimate of drug-likeness (QED) is 0.441. The van der Waals surface area contributed by atoms with Crippen LogP contribution in [0.5, 0.6) is 11.5 Å². The van der Waals surface area contributed by atoms with Gasteiger partial charge in [0.1, 0.15) is 0 Å². The Kier molecular flexibility index (Phi) is 6.48. The van der Waals surface area contributed by atoms with Crippen molar-refractivity contribution in [3.8, 4) is 11.5 Å². The van der Waals surface area contributed by atoms with E-state index in [1.165, 1.54) is 12.3 Å². The van der Waals surface area contributed by atoms with E-state index < -0.39 is 16.4 Å². The van der Waals surface area contributed by atoms with E-state index in [4.69, 9.17) is 4.74 Å². The molecule has 0 bridgehead atoms. The number of nitro groups is 1. The second-order valence-electron chi connectivity index (χ2n) is 5.98. The summed E-state index contributed by atoms with van der Waals surface area (Å²) in [5.74, 6) is -0.871. The summed E-state index contributed by atoms with van der Waals surface area (Å²) in [4.78, 5) is 22.4. The molecule has 1 amide bonds. The number of carbonyl (C=O) groups is 1. The van der Waals surface area contributed by atoms with Gasteiger partial charge in [-0.25, -0.2) is 5.43 Å². The van der Waals surface area contributed by atoms with Crippen molar-refractivity contribution >= 4 is 17.8 Å². The lowest BCUT2D eigenvalue weighted by molar-refractivity contribution is -0.386. The summed E-state index contributed by atoms with van der Waals surface area (Å²) in [6.45, 7) is 5.84. The molecule has 2 aromatic carbocycles. The highest BCUT2D eigenvalue weighted by atomic mass is 16.6. The Morgan fingerprint density at radius 1 is 1.33 bits per heavy atom. The van der Waals surface area contributed by atoms with Crippen LogP contribution >= 0.6 is 0 Å². The van der Waals surface area contributed by atoms with E-state index in [1.807, 2.05) is 32.0 Å². The lowest BCUT2D eigenvalue weighted by atomic mass is 10.0. The molecule has 2 N–H and O–H groups in total. The predicted molar refractivity (Wildman–Crippen MR) is 101 cm³/mol. The summed E-state index contributed by atoms with van der Waals surface area (Å²) < 4.78 is 5.19. The molecule has 0 aliphatic heterocycles. The number of nitrogens with zero attached hydrogens (tertiary/aromatic N) is 2. The van der Waals surface area contributed by atoms with Gasteiger partial charge in [0, 0.05) is 11.6 Å². The van der Waals surface area contributed by atoms with E-state index in [2.05, 4.69) is 10.5 Å². The minimum Gasteiger partial charge on any atom is -0.500 e. The number of amides is 1. The molecular formula is C19H21N3O5. The number of phenolic OH excluding ortho intramolecular Hbond substituents is 1. The second kappa shape index (κ2) is 8.79. The first kappa shape index (κ1) is 19.9. The summed E-state index contributed by atoms with van der Waals surface area (Å²) in [7, 11) is 0. The Morgan fingerprint density at radius 2 is 2.07 bits per heavy atom. The molecule has 0 heterocycles. The highest BCUT2D eigenvalue weighted by Gasteiger charge is 2.19. The van der Waals surface area contributed by atoms with Crippen molar-refractivity contribution in [2.45, 2.75) is 27.2 Å². The van der Waals surface area contributed by atoms with Crippen molar-refractivity contribution < 1.29 is 19.6 Å². The first-order chi connectivity index (χ1) is 12.8. The molecule has 8 heteroatoms. The molecule has 0 aliphatic rings. The third kappa shape index (κ3) is 5.27. The monoisotopic (exact) mass is 371 g/mol. The number of rotatable bonds is 7. The number of aromatic hydroxyl groups is 1. The van der Waals surface area contributed by atoms with E-state index in [1.54, 1.807) is 6.92 Å². The molecule has 8 nitrogen and oxygen atoms in total. The van der Waals surface area contributed by atoms with Crippen molar-refractivity contribution in [1.82, 2.24) is 5.43 Å². The molecule has 0 atom stereocenters. The number of phenols is 1. The number of hydrazone groups is 1. The maximum Gasteiger partial charge on any atom is 0.315 e. The Morgan fingerprint density at radius 3 is 2.70 bits per heavy atom. The van der Waals surface area contributed by atoms with E-state index in [0.29, 0.717) is 5.56 Å². The fourth-order valence-corrected chi connectivity index (χ4v) is 2.53. The van der Waals surface area contributed by atoms with Gasteiger partial charge in [-0.15, -0.1) is 0 Å². The number of aryl methyl sites for hydroxylation is 2. The Hall–Kier alpha value is -3.42. The zero-order chi connectivity index (χ0) is 20.0. The summed E-state index contributed by atoms with van der Waals surface area (Å²) in [5, 5.41) is 24.7. The summed E-state index contributed by atoms with van der Waals surface area (Å²) >= 11 is 0. The molecule has 142 valence electrons. The van der Waals surface area contributed by atoms with Crippen LogP contribution in [0, 0.1) is 24.0 Å². The first-order valence-corrected chi connectivity index (χ1v) is 8.34. The fraction of sp³-hybridized carbons (Fsp3) is 0.263. The molecule has 0 spiro atoms. The zero-order valence-corrected chi connectivity index (χ0v) is 15.4. The van der Waals surface area contributed by atoms with Crippen LogP contribution in [0.3, 0.4) is 0 Å². The third-order valence-corrected chi connectivity index (χ3v) is 3.83. The highest BCUT2D eigenvalue weighted by Crippen LogP contribution is 2.36. The number of nitrogens with one attached hydrogen (secondary N) is 1. The van der Waals surface area contributed by atoms with Gasteiger partial charge in [-0.3, -0.25) is 14.9 Å². The maximum atomic E-state index is 12.0. The number of nitro benzene ring substituents is 1. The Bertz CT molecular complexity index is 893. The standard InChI is InChI=1S/C19H21N3O5/c1-4-27-17-9-14(8-16(19(17)24)22(25)26)11-20-21-18(23)10-15-6-5-12(2)7-13(15)3/h5-9,11,24H,4,10H2,1-3H3,(H,21,23)/b20-11-. The largest absolute Gasteiger partial charge is 0.500 e.